The molecule has 2 aliphatic rings. The van der Waals surface area contributed by atoms with Crippen LogP contribution in [0.5, 0.6) is 0 Å². The van der Waals surface area contributed by atoms with Gasteiger partial charge in [0.15, 0.2) is 0 Å². The van der Waals surface area contributed by atoms with Gasteiger partial charge in [0.1, 0.15) is 0 Å². The van der Waals surface area contributed by atoms with Gasteiger partial charge in [0.05, 0.1) is 12.7 Å². The van der Waals surface area contributed by atoms with Crippen LogP contribution in [0.1, 0.15) is 19.3 Å². The molecular weight excluding hydrogens is 126 g/mol. The molecule has 2 heteroatoms. The third-order valence-electron chi connectivity index (χ3n) is 2.56. The van der Waals surface area contributed by atoms with Crippen molar-refractivity contribution in [1.29, 1.82) is 0 Å². The van der Waals surface area contributed by atoms with Gasteiger partial charge in [-0.2, -0.15) is 0 Å². The second kappa shape index (κ2) is 2.89. The molecule has 58 valence electrons. The smallest absolute Gasteiger partial charge is 0.0594 e. The minimum Gasteiger partial charge on any atom is -0.377 e. The first-order chi connectivity index (χ1) is 4.95. The maximum absolute atomic E-state index is 5.61. The van der Waals surface area contributed by atoms with Gasteiger partial charge in [0, 0.05) is 6.54 Å². The lowest BCUT2D eigenvalue weighted by atomic mass is 10.1. The van der Waals surface area contributed by atoms with E-state index in [4.69, 9.17) is 4.74 Å². The zero-order valence-corrected chi connectivity index (χ0v) is 6.31. The monoisotopic (exact) mass is 141 g/mol. The van der Waals surface area contributed by atoms with Crippen LogP contribution in [-0.4, -0.2) is 25.8 Å². The maximum Gasteiger partial charge on any atom is 0.0594 e. The molecule has 0 aromatic rings. The summed E-state index contributed by atoms with van der Waals surface area (Å²) in [5.41, 5.74) is 0. The Morgan fingerprint density at radius 2 is 2.30 bits per heavy atom. The van der Waals surface area contributed by atoms with Gasteiger partial charge in [-0.25, -0.2) is 0 Å². The molecule has 2 atom stereocenters. The molecule has 0 radical (unpaired) electrons. The third kappa shape index (κ3) is 1.32. The highest BCUT2D eigenvalue weighted by Crippen LogP contribution is 2.27. The molecule has 2 fully saturated rings. The Bertz CT molecular complexity index is 104. The highest BCUT2D eigenvalue weighted by molar-refractivity contribution is 4.79. The molecule has 2 nitrogen and oxygen atoms in total. The van der Waals surface area contributed by atoms with Gasteiger partial charge in [-0.05, 0) is 31.7 Å². The predicted molar refractivity (Wildman–Crippen MR) is 40.0 cm³/mol. The molecule has 1 aliphatic heterocycles. The van der Waals surface area contributed by atoms with Crippen molar-refractivity contribution < 1.29 is 4.74 Å². The van der Waals surface area contributed by atoms with Crippen molar-refractivity contribution in [3.8, 4) is 0 Å². The van der Waals surface area contributed by atoms with Crippen LogP contribution in [0, 0.1) is 5.92 Å². The average Bonchev–Trinajstić information content (AvgIpc) is 2.30. The predicted octanol–water partition coefficient (Wildman–Crippen LogP) is 0.775. The lowest BCUT2D eigenvalue weighted by Crippen LogP contribution is -2.29. The van der Waals surface area contributed by atoms with Gasteiger partial charge in [0.2, 0.25) is 0 Å². The van der Waals surface area contributed by atoms with E-state index in [0.29, 0.717) is 6.10 Å². The summed E-state index contributed by atoms with van der Waals surface area (Å²) in [5.74, 6) is 0.908. The molecule has 10 heavy (non-hydrogen) atoms. The Balaban J connectivity index is 1.91. The molecule has 2 bridgehead atoms. The van der Waals surface area contributed by atoms with Crippen LogP contribution in [0.4, 0.5) is 0 Å². The van der Waals surface area contributed by atoms with Gasteiger partial charge in [0.25, 0.3) is 0 Å². The van der Waals surface area contributed by atoms with E-state index >= 15 is 0 Å². The Morgan fingerprint density at radius 1 is 1.30 bits per heavy atom. The van der Waals surface area contributed by atoms with Gasteiger partial charge in [-0.1, -0.05) is 0 Å². The zero-order chi connectivity index (χ0) is 6.81. The summed E-state index contributed by atoms with van der Waals surface area (Å²) in [4.78, 5) is 0. The second-order valence-corrected chi connectivity index (χ2v) is 3.38. The molecule has 1 N–H and O–H groups in total. The molecule has 2 rings (SSSR count). The van der Waals surface area contributed by atoms with Crippen LogP contribution >= 0.6 is 0 Å². The van der Waals surface area contributed by atoms with E-state index in [0.717, 1.165) is 19.1 Å². The van der Waals surface area contributed by atoms with Crippen molar-refractivity contribution in [2.45, 2.75) is 25.4 Å². The summed E-state index contributed by atoms with van der Waals surface area (Å²) in [7, 11) is 0. The molecule has 1 saturated carbocycles. The Kier molecular flexibility index (Phi) is 1.91. The van der Waals surface area contributed by atoms with Gasteiger partial charge in [-0.3, -0.25) is 0 Å². The van der Waals surface area contributed by atoms with E-state index in [2.05, 4.69) is 5.32 Å². The number of ether oxygens (including phenoxy) is 1. The third-order valence-corrected chi connectivity index (χ3v) is 2.56. The number of rotatable bonds is 0. The molecule has 0 spiro atoms. The fraction of sp³-hybridized carbons (Fsp3) is 1.00. The molecule has 0 amide bonds. The van der Waals surface area contributed by atoms with Crippen LogP contribution in [-0.2, 0) is 4.74 Å². The van der Waals surface area contributed by atoms with Crippen LogP contribution in [0.3, 0.4) is 0 Å². The number of hydrogen-bond acceptors (Lipinski definition) is 2. The van der Waals surface area contributed by atoms with E-state index in [1.54, 1.807) is 0 Å². The fourth-order valence-corrected chi connectivity index (χ4v) is 1.97. The van der Waals surface area contributed by atoms with Crippen LogP contribution < -0.4 is 5.32 Å². The maximum atomic E-state index is 5.61. The summed E-state index contributed by atoms with van der Waals surface area (Å²) in [5, 5.41) is 3.39. The summed E-state index contributed by atoms with van der Waals surface area (Å²) in [6.45, 7) is 3.18. The zero-order valence-electron chi connectivity index (χ0n) is 6.31. The fourth-order valence-electron chi connectivity index (χ4n) is 1.97. The first-order valence-corrected chi connectivity index (χ1v) is 4.27. The standard InChI is InChI=1S/C8H15NO/c1-2-8-5-7(1)6-9-3-4-10-8/h7-9H,1-6H2. The first kappa shape index (κ1) is 6.62. The SMILES string of the molecule is C1COC2CCC(CN1)C2. The Labute approximate surface area is 61.9 Å². The van der Waals surface area contributed by atoms with Crippen molar-refractivity contribution in [2.75, 3.05) is 19.7 Å². The lowest BCUT2D eigenvalue weighted by molar-refractivity contribution is 0.0513. The molecule has 2 unspecified atom stereocenters. The molecule has 1 heterocycles. The molecule has 0 aromatic heterocycles. The largest absolute Gasteiger partial charge is 0.377 e. The van der Waals surface area contributed by atoms with E-state index in [1.807, 2.05) is 0 Å². The minimum absolute atomic E-state index is 0.604. The molecular formula is C8H15NO. The van der Waals surface area contributed by atoms with Gasteiger partial charge >= 0.3 is 0 Å². The van der Waals surface area contributed by atoms with Crippen LogP contribution in [0.2, 0.25) is 0 Å². The van der Waals surface area contributed by atoms with Crippen molar-refractivity contribution in [3.63, 3.8) is 0 Å². The van der Waals surface area contributed by atoms with Crippen molar-refractivity contribution in [2.24, 2.45) is 5.92 Å². The topological polar surface area (TPSA) is 21.3 Å². The van der Waals surface area contributed by atoms with Crippen molar-refractivity contribution in [3.05, 3.63) is 0 Å². The van der Waals surface area contributed by atoms with Crippen LogP contribution in [0.15, 0.2) is 0 Å². The van der Waals surface area contributed by atoms with Gasteiger partial charge in [-0.15, -0.1) is 0 Å². The highest BCUT2D eigenvalue weighted by atomic mass is 16.5. The summed E-state index contributed by atoms with van der Waals surface area (Å²) < 4.78 is 5.61. The molecule has 1 aliphatic carbocycles. The molecule has 1 saturated heterocycles. The summed E-state index contributed by atoms with van der Waals surface area (Å²) in [6.07, 6.45) is 4.57. The Morgan fingerprint density at radius 3 is 3.30 bits per heavy atom. The van der Waals surface area contributed by atoms with E-state index in [1.165, 1.54) is 25.8 Å². The first-order valence-electron chi connectivity index (χ1n) is 4.27. The van der Waals surface area contributed by atoms with E-state index in [9.17, 15) is 0 Å². The van der Waals surface area contributed by atoms with E-state index < -0.39 is 0 Å². The highest BCUT2D eigenvalue weighted by Gasteiger charge is 2.25. The summed E-state index contributed by atoms with van der Waals surface area (Å²) in [6, 6.07) is 0. The quantitative estimate of drug-likeness (QED) is 0.538. The van der Waals surface area contributed by atoms with E-state index in [-0.39, 0.29) is 0 Å². The second-order valence-electron chi connectivity index (χ2n) is 3.38. The molecule has 0 aromatic carbocycles. The van der Waals surface area contributed by atoms with Gasteiger partial charge < -0.3 is 10.1 Å². The number of nitrogens with one attached hydrogen (secondary N) is 1. The number of hydrogen-bond donors (Lipinski definition) is 1. The van der Waals surface area contributed by atoms with Crippen molar-refractivity contribution >= 4 is 0 Å². The van der Waals surface area contributed by atoms with Crippen LogP contribution in [0.25, 0.3) is 0 Å². The number of fused-ring (bicyclic) bond motifs is 2. The normalized spacial score (nSPS) is 40.8. The lowest BCUT2D eigenvalue weighted by Gasteiger charge is -2.17. The average molecular weight is 141 g/mol. The summed E-state index contributed by atoms with van der Waals surface area (Å²) >= 11 is 0. The Hall–Kier alpha value is -0.0800. The van der Waals surface area contributed by atoms with Crippen molar-refractivity contribution in [1.82, 2.24) is 5.32 Å². The minimum atomic E-state index is 0.604.